The lowest BCUT2D eigenvalue weighted by molar-refractivity contribution is -0.133. The van der Waals surface area contributed by atoms with Gasteiger partial charge in [-0.1, -0.05) is 68.4 Å². The fourth-order valence-electron chi connectivity index (χ4n) is 2.96. The van der Waals surface area contributed by atoms with Crippen LogP contribution in [0.5, 0.6) is 0 Å². The Balaban J connectivity index is 1.68. The van der Waals surface area contributed by atoms with E-state index in [2.05, 4.69) is 41.4 Å². The van der Waals surface area contributed by atoms with Gasteiger partial charge in [-0.25, -0.2) is 0 Å². The summed E-state index contributed by atoms with van der Waals surface area (Å²) in [6.45, 7) is 5.83. The van der Waals surface area contributed by atoms with Crippen molar-refractivity contribution >= 4 is 5.91 Å². The molecule has 0 aliphatic carbocycles. The molecule has 0 saturated heterocycles. The van der Waals surface area contributed by atoms with Crippen LogP contribution in [-0.2, 0) is 22.6 Å². The van der Waals surface area contributed by atoms with Crippen molar-refractivity contribution in [3.63, 3.8) is 0 Å². The lowest BCUT2D eigenvalue weighted by Crippen LogP contribution is -2.36. The Labute approximate surface area is 171 Å². The van der Waals surface area contributed by atoms with Crippen LogP contribution in [0.1, 0.15) is 30.9 Å². The third kappa shape index (κ3) is 5.71. The zero-order valence-corrected chi connectivity index (χ0v) is 17.2. The highest BCUT2D eigenvalue weighted by Gasteiger charge is 2.17. The molecule has 1 aromatic heterocycles. The van der Waals surface area contributed by atoms with Gasteiger partial charge in [-0.15, -0.1) is 10.2 Å². The standard InChI is InChI=1S/C22H27N5O2/c1-17(2)19-9-11-20(12-10-19)22-23-25-27(24-22)16-21(28)26(13-14-29-3)15-18-7-5-4-6-8-18/h4-12,17H,13-16H2,1-3H3. The Morgan fingerprint density at radius 1 is 1.10 bits per heavy atom. The summed E-state index contributed by atoms with van der Waals surface area (Å²) >= 11 is 0. The van der Waals surface area contributed by atoms with Crippen LogP contribution < -0.4 is 0 Å². The molecular weight excluding hydrogens is 366 g/mol. The van der Waals surface area contributed by atoms with Crippen LogP contribution in [0.3, 0.4) is 0 Å². The van der Waals surface area contributed by atoms with Gasteiger partial charge in [0.15, 0.2) is 0 Å². The Hall–Kier alpha value is -3.06. The van der Waals surface area contributed by atoms with Crippen molar-refractivity contribution in [1.29, 1.82) is 0 Å². The molecule has 0 bridgehead atoms. The van der Waals surface area contributed by atoms with Crippen molar-refractivity contribution in [2.45, 2.75) is 32.9 Å². The van der Waals surface area contributed by atoms with Gasteiger partial charge in [0.25, 0.3) is 0 Å². The molecule has 1 heterocycles. The molecular formula is C22H27N5O2. The zero-order valence-electron chi connectivity index (χ0n) is 17.2. The molecule has 0 N–H and O–H groups in total. The van der Waals surface area contributed by atoms with Crippen molar-refractivity contribution in [2.75, 3.05) is 20.3 Å². The molecule has 2 aromatic carbocycles. The van der Waals surface area contributed by atoms with E-state index in [1.165, 1.54) is 10.4 Å². The van der Waals surface area contributed by atoms with Gasteiger partial charge in [0.1, 0.15) is 6.54 Å². The largest absolute Gasteiger partial charge is 0.383 e. The minimum Gasteiger partial charge on any atom is -0.383 e. The van der Waals surface area contributed by atoms with Gasteiger partial charge in [-0.3, -0.25) is 4.79 Å². The van der Waals surface area contributed by atoms with Crippen LogP contribution in [-0.4, -0.2) is 51.3 Å². The van der Waals surface area contributed by atoms with Gasteiger partial charge in [0.05, 0.1) is 6.61 Å². The zero-order chi connectivity index (χ0) is 20.6. The first-order valence-electron chi connectivity index (χ1n) is 9.75. The number of hydrogen-bond acceptors (Lipinski definition) is 5. The molecule has 7 heteroatoms. The minimum absolute atomic E-state index is 0.0353. The number of amides is 1. The van der Waals surface area contributed by atoms with Crippen LogP contribution in [0.25, 0.3) is 11.4 Å². The fourth-order valence-corrected chi connectivity index (χ4v) is 2.96. The highest BCUT2D eigenvalue weighted by Crippen LogP contribution is 2.19. The van der Waals surface area contributed by atoms with E-state index in [1.54, 1.807) is 12.0 Å². The molecule has 7 nitrogen and oxygen atoms in total. The molecule has 0 unspecified atom stereocenters. The summed E-state index contributed by atoms with van der Waals surface area (Å²) in [4.78, 5) is 15.9. The highest BCUT2D eigenvalue weighted by molar-refractivity contribution is 5.75. The maximum Gasteiger partial charge on any atom is 0.246 e. The normalized spacial score (nSPS) is 11.0. The van der Waals surface area contributed by atoms with Crippen LogP contribution in [0.2, 0.25) is 0 Å². The van der Waals surface area contributed by atoms with E-state index in [-0.39, 0.29) is 12.5 Å². The van der Waals surface area contributed by atoms with Crippen molar-refractivity contribution in [3.05, 3.63) is 65.7 Å². The van der Waals surface area contributed by atoms with E-state index >= 15 is 0 Å². The lowest BCUT2D eigenvalue weighted by atomic mass is 10.0. The second kappa shape index (κ2) is 9.93. The van der Waals surface area contributed by atoms with Crippen molar-refractivity contribution < 1.29 is 9.53 Å². The first-order chi connectivity index (χ1) is 14.1. The van der Waals surface area contributed by atoms with E-state index in [9.17, 15) is 4.79 Å². The number of tetrazole rings is 1. The van der Waals surface area contributed by atoms with Crippen LogP contribution >= 0.6 is 0 Å². The Morgan fingerprint density at radius 3 is 2.48 bits per heavy atom. The summed E-state index contributed by atoms with van der Waals surface area (Å²) in [5, 5.41) is 12.5. The van der Waals surface area contributed by atoms with Crippen molar-refractivity contribution in [1.82, 2.24) is 25.1 Å². The molecule has 0 fully saturated rings. The Bertz CT molecular complexity index is 906. The van der Waals surface area contributed by atoms with Gasteiger partial charge in [0, 0.05) is 25.8 Å². The summed E-state index contributed by atoms with van der Waals surface area (Å²) in [6, 6.07) is 18.0. The third-order valence-electron chi connectivity index (χ3n) is 4.70. The number of benzene rings is 2. The monoisotopic (exact) mass is 393 g/mol. The fraction of sp³-hybridized carbons (Fsp3) is 0.364. The lowest BCUT2D eigenvalue weighted by Gasteiger charge is -2.22. The summed E-state index contributed by atoms with van der Waals surface area (Å²) in [5.74, 6) is 0.901. The van der Waals surface area contributed by atoms with Crippen LogP contribution in [0.4, 0.5) is 0 Å². The number of aromatic nitrogens is 4. The SMILES string of the molecule is COCCN(Cc1ccccc1)C(=O)Cn1nnc(-c2ccc(C(C)C)cc2)n1. The predicted molar refractivity (Wildman–Crippen MR) is 111 cm³/mol. The second-order valence-corrected chi connectivity index (χ2v) is 7.21. The Morgan fingerprint density at radius 2 is 1.83 bits per heavy atom. The summed E-state index contributed by atoms with van der Waals surface area (Å²) < 4.78 is 5.15. The van der Waals surface area contributed by atoms with Gasteiger partial charge in [-0.2, -0.15) is 4.80 Å². The average Bonchev–Trinajstić information content (AvgIpc) is 3.20. The highest BCUT2D eigenvalue weighted by atomic mass is 16.5. The number of hydrogen-bond donors (Lipinski definition) is 0. The molecule has 0 aliphatic heterocycles. The van der Waals surface area contributed by atoms with E-state index < -0.39 is 0 Å². The molecule has 3 rings (SSSR count). The number of nitrogens with zero attached hydrogens (tertiary/aromatic N) is 5. The quantitative estimate of drug-likeness (QED) is 0.558. The van der Waals surface area contributed by atoms with E-state index in [4.69, 9.17) is 4.74 Å². The maximum absolute atomic E-state index is 12.8. The topological polar surface area (TPSA) is 73.1 Å². The third-order valence-corrected chi connectivity index (χ3v) is 4.70. The average molecular weight is 393 g/mol. The molecule has 1 amide bonds. The minimum atomic E-state index is -0.0787. The Kier molecular flexibility index (Phi) is 7.08. The van der Waals surface area contributed by atoms with E-state index in [0.29, 0.717) is 31.4 Å². The number of carbonyl (C=O) groups is 1. The van der Waals surface area contributed by atoms with Gasteiger partial charge in [0.2, 0.25) is 11.7 Å². The molecule has 0 atom stereocenters. The molecule has 3 aromatic rings. The molecule has 0 spiro atoms. The van der Waals surface area contributed by atoms with Gasteiger partial charge < -0.3 is 9.64 Å². The van der Waals surface area contributed by atoms with Crippen LogP contribution in [0.15, 0.2) is 54.6 Å². The summed E-state index contributed by atoms with van der Waals surface area (Å²) in [6.07, 6.45) is 0. The van der Waals surface area contributed by atoms with Crippen molar-refractivity contribution in [3.8, 4) is 11.4 Å². The van der Waals surface area contributed by atoms with Gasteiger partial charge in [-0.05, 0) is 22.3 Å². The molecule has 29 heavy (non-hydrogen) atoms. The number of rotatable bonds is 9. The first-order valence-corrected chi connectivity index (χ1v) is 9.75. The number of methoxy groups -OCH3 is 1. The predicted octanol–water partition coefficient (Wildman–Crippen LogP) is 3.14. The summed E-state index contributed by atoms with van der Waals surface area (Å²) in [5.41, 5.74) is 3.20. The second-order valence-electron chi connectivity index (χ2n) is 7.21. The molecule has 0 aliphatic rings. The van der Waals surface area contributed by atoms with E-state index in [1.807, 2.05) is 42.5 Å². The van der Waals surface area contributed by atoms with Crippen LogP contribution in [0, 0.1) is 0 Å². The maximum atomic E-state index is 12.8. The van der Waals surface area contributed by atoms with E-state index in [0.717, 1.165) is 11.1 Å². The first kappa shape index (κ1) is 20.7. The number of carbonyl (C=O) groups excluding carboxylic acids is 1. The molecule has 152 valence electrons. The molecule has 0 saturated carbocycles. The molecule has 0 radical (unpaired) electrons. The smallest absolute Gasteiger partial charge is 0.246 e. The number of ether oxygens (including phenoxy) is 1. The summed E-state index contributed by atoms with van der Waals surface area (Å²) in [7, 11) is 1.63. The van der Waals surface area contributed by atoms with Gasteiger partial charge >= 0.3 is 0 Å². The van der Waals surface area contributed by atoms with Crippen molar-refractivity contribution in [2.24, 2.45) is 0 Å².